The molecule has 4 heteroatoms. The summed E-state index contributed by atoms with van der Waals surface area (Å²) in [4.78, 5) is 12.6. The highest BCUT2D eigenvalue weighted by Gasteiger charge is 2.17. The van der Waals surface area contributed by atoms with Crippen molar-refractivity contribution < 1.29 is 13.9 Å². The van der Waals surface area contributed by atoms with Crippen LogP contribution in [0, 0.1) is 13.8 Å². The number of anilines is 1. The van der Waals surface area contributed by atoms with Gasteiger partial charge in [-0.25, -0.2) is 0 Å². The third-order valence-electron chi connectivity index (χ3n) is 4.42. The second-order valence-electron chi connectivity index (χ2n) is 6.45. The molecule has 1 heterocycles. The molecule has 0 aliphatic rings. The van der Waals surface area contributed by atoms with Crippen LogP contribution in [0.1, 0.15) is 21.7 Å². The second kappa shape index (κ2) is 7.00. The summed E-state index contributed by atoms with van der Waals surface area (Å²) in [6, 6.07) is 22.7. The number of ether oxygens (including phenoxy) is 1. The molecule has 0 radical (unpaired) electrons. The highest BCUT2D eigenvalue weighted by Crippen LogP contribution is 2.27. The maximum Gasteiger partial charge on any atom is 0.291 e. The van der Waals surface area contributed by atoms with Gasteiger partial charge in [-0.3, -0.25) is 4.79 Å². The Balaban J connectivity index is 1.48. The van der Waals surface area contributed by atoms with Crippen molar-refractivity contribution in [3.8, 4) is 11.5 Å². The lowest BCUT2D eigenvalue weighted by Crippen LogP contribution is -2.11. The van der Waals surface area contributed by atoms with E-state index in [1.54, 1.807) is 12.1 Å². The van der Waals surface area contributed by atoms with Crippen molar-refractivity contribution >= 4 is 22.6 Å². The van der Waals surface area contributed by atoms with Crippen LogP contribution in [0.2, 0.25) is 0 Å². The highest BCUT2D eigenvalue weighted by atomic mass is 16.5. The number of aryl methyl sites for hydroxylation is 2. The highest BCUT2D eigenvalue weighted by molar-refractivity contribution is 6.06. The average molecular weight is 357 g/mol. The van der Waals surface area contributed by atoms with Gasteiger partial charge in [0.05, 0.1) is 0 Å². The summed E-state index contributed by atoms with van der Waals surface area (Å²) >= 11 is 0. The summed E-state index contributed by atoms with van der Waals surface area (Å²) < 4.78 is 11.5. The fourth-order valence-corrected chi connectivity index (χ4v) is 2.93. The Morgan fingerprint density at radius 2 is 1.48 bits per heavy atom. The van der Waals surface area contributed by atoms with Crippen LogP contribution in [0.15, 0.2) is 77.2 Å². The fraction of sp³-hybridized carbons (Fsp3) is 0.0870. The quantitative estimate of drug-likeness (QED) is 0.480. The summed E-state index contributed by atoms with van der Waals surface area (Å²) in [7, 11) is 0. The minimum Gasteiger partial charge on any atom is -0.457 e. The molecule has 0 aliphatic heterocycles. The van der Waals surface area contributed by atoms with E-state index in [1.165, 1.54) is 5.56 Å². The number of carbonyl (C=O) groups excluding carboxylic acids is 1. The third kappa shape index (κ3) is 3.55. The molecular formula is C23H19NO3. The SMILES string of the molecule is Cc1ccc(Oc2ccc(NC(=O)c3oc4ccccc4c3C)cc2)cc1. The van der Waals surface area contributed by atoms with E-state index in [0.29, 0.717) is 22.8 Å². The zero-order valence-corrected chi connectivity index (χ0v) is 15.2. The number of nitrogens with one attached hydrogen (secondary N) is 1. The normalized spacial score (nSPS) is 10.7. The van der Waals surface area contributed by atoms with E-state index < -0.39 is 0 Å². The van der Waals surface area contributed by atoms with E-state index in [1.807, 2.05) is 74.5 Å². The minimum atomic E-state index is -0.268. The van der Waals surface area contributed by atoms with Crippen LogP contribution in [-0.2, 0) is 0 Å². The van der Waals surface area contributed by atoms with E-state index in [4.69, 9.17) is 9.15 Å². The molecular weight excluding hydrogens is 338 g/mol. The smallest absolute Gasteiger partial charge is 0.291 e. The van der Waals surface area contributed by atoms with Crippen LogP contribution in [0.25, 0.3) is 11.0 Å². The largest absolute Gasteiger partial charge is 0.457 e. The van der Waals surface area contributed by atoms with E-state index >= 15 is 0 Å². The first-order valence-corrected chi connectivity index (χ1v) is 8.74. The molecule has 0 bridgehead atoms. The van der Waals surface area contributed by atoms with Crippen LogP contribution in [0.3, 0.4) is 0 Å². The Labute approximate surface area is 157 Å². The van der Waals surface area contributed by atoms with Gasteiger partial charge in [-0.05, 0) is 56.3 Å². The van der Waals surface area contributed by atoms with Crippen molar-refractivity contribution in [2.24, 2.45) is 0 Å². The van der Waals surface area contributed by atoms with Gasteiger partial charge >= 0.3 is 0 Å². The zero-order valence-electron chi connectivity index (χ0n) is 15.2. The summed E-state index contributed by atoms with van der Waals surface area (Å²) in [5.74, 6) is 1.54. The monoisotopic (exact) mass is 357 g/mol. The molecule has 4 rings (SSSR count). The lowest BCUT2D eigenvalue weighted by Gasteiger charge is -2.08. The molecule has 1 amide bonds. The summed E-state index contributed by atoms with van der Waals surface area (Å²) in [5.41, 5.74) is 3.40. The van der Waals surface area contributed by atoms with Crippen molar-refractivity contribution in [2.75, 3.05) is 5.32 Å². The molecule has 0 saturated carbocycles. The number of benzene rings is 3. The number of carbonyl (C=O) groups is 1. The van der Waals surface area contributed by atoms with Crippen LogP contribution in [0.4, 0.5) is 5.69 Å². The molecule has 0 aliphatic carbocycles. The molecule has 3 aromatic carbocycles. The number of para-hydroxylation sites is 1. The van der Waals surface area contributed by atoms with E-state index in [2.05, 4.69) is 5.32 Å². The second-order valence-corrected chi connectivity index (χ2v) is 6.45. The molecule has 0 atom stereocenters. The topological polar surface area (TPSA) is 51.5 Å². The number of rotatable bonds is 4. The Morgan fingerprint density at radius 3 is 2.15 bits per heavy atom. The molecule has 4 aromatic rings. The van der Waals surface area contributed by atoms with Crippen molar-refractivity contribution in [1.82, 2.24) is 0 Å². The first kappa shape index (κ1) is 16.9. The van der Waals surface area contributed by atoms with Crippen molar-refractivity contribution in [1.29, 1.82) is 0 Å². The summed E-state index contributed by atoms with van der Waals surface area (Å²) in [5, 5.41) is 3.82. The molecule has 0 fully saturated rings. The lowest BCUT2D eigenvalue weighted by atomic mass is 10.1. The van der Waals surface area contributed by atoms with E-state index in [0.717, 1.165) is 16.7 Å². The van der Waals surface area contributed by atoms with Gasteiger partial charge in [0.25, 0.3) is 5.91 Å². The number of hydrogen-bond donors (Lipinski definition) is 1. The van der Waals surface area contributed by atoms with Gasteiger partial charge in [-0.15, -0.1) is 0 Å². The maximum atomic E-state index is 12.6. The van der Waals surface area contributed by atoms with Gasteiger partial charge in [-0.2, -0.15) is 0 Å². The van der Waals surface area contributed by atoms with E-state index in [9.17, 15) is 4.79 Å². The van der Waals surface area contributed by atoms with Gasteiger partial charge in [0.1, 0.15) is 17.1 Å². The third-order valence-corrected chi connectivity index (χ3v) is 4.42. The number of fused-ring (bicyclic) bond motifs is 1. The minimum absolute atomic E-state index is 0.268. The van der Waals surface area contributed by atoms with Gasteiger partial charge in [0.2, 0.25) is 0 Å². The molecule has 1 N–H and O–H groups in total. The molecule has 0 spiro atoms. The van der Waals surface area contributed by atoms with Crippen molar-refractivity contribution in [3.63, 3.8) is 0 Å². The average Bonchev–Trinajstić information content (AvgIpc) is 3.02. The van der Waals surface area contributed by atoms with Gasteiger partial charge < -0.3 is 14.5 Å². The lowest BCUT2D eigenvalue weighted by molar-refractivity contribution is 0.0998. The Kier molecular flexibility index (Phi) is 4.38. The summed E-state index contributed by atoms with van der Waals surface area (Å²) in [6.07, 6.45) is 0. The van der Waals surface area contributed by atoms with Crippen LogP contribution < -0.4 is 10.1 Å². The Bertz CT molecular complexity index is 1090. The molecule has 4 nitrogen and oxygen atoms in total. The molecule has 1 aromatic heterocycles. The summed E-state index contributed by atoms with van der Waals surface area (Å²) in [6.45, 7) is 3.92. The number of furan rings is 1. The molecule has 134 valence electrons. The van der Waals surface area contributed by atoms with E-state index in [-0.39, 0.29) is 5.91 Å². The first-order chi connectivity index (χ1) is 13.1. The fourth-order valence-electron chi connectivity index (χ4n) is 2.93. The van der Waals surface area contributed by atoms with Crippen LogP contribution in [-0.4, -0.2) is 5.91 Å². The molecule has 0 unspecified atom stereocenters. The van der Waals surface area contributed by atoms with Gasteiger partial charge in [-0.1, -0.05) is 35.9 Å². The molecule has 27 heavy (non-hydrogen) atoms. The predicted octanol–water partition coefficient (Wildman–Crippen LogP) is 6.09. The number of amides is 1. The zero-order chi connectivity index (χ0) is 18.8. The van der Waals surface area contributed by atoms with Crippen LogP contribution in [0.5, 0.6) is 11.5 Å². The molecule has 0 saturated heterocycles. The number of hydrogen-bond acceptors (Lipinski definition) is 3. The van der Waals surface area contributed by atoms with Crippen molar-refractivity contribution in [2.45, 2.75) is 13.8 Å². The first-order valence-electron chi connectivity index (χ1n) is 8.74. The standard InChI is InChI=1S/C23H19NO3/c1-15-7-11-18(12-8-15)26-19-13-9-17(10-14-19)24-23(25)22-16(2)20-5-3-4-6-21(20)27-22/h3-14H,1-2H3,(H,24,25). The Hall–Kier alpha value is -3.53. The van der Waals surface area contributed by atoms with Crippen molar-refractivity contribution in [3.05, 3.63) is 89.7 Å². The van der Waals surface area contributed by atoms with Crippen LogP contribution >= 0.6 is 0 Å². The predicted molar refractivity (Wildman–Crippen MR) is 107 cm³/mol. The van der Waals surface area contributed by atoms with Gasteiger partial charge in [0, 0.05) is 16.6 Å². The maximum absolute atomic E-state index is 12.6. The Morgan fingerprint density at radius 1 is 0.852 bits per heavy atom. The van der Waals surface area contributed by atoms with Gasteiger partial charge in [0.15, 0.2) is 5.76 Å².